The fraction of sp³-hybridized carbons (Fsp3) is 0.360. The summed E-state index contributed by atoms with van der Waals surface area (Å²) in [6.07, 6.45) is 5.92. The molecule has 1 saturated heterocycles. The first-order valence-electron chi connectivity index (χ1n) is 11.2. The van der Waals surface area contributed by atoms with Gasteiger partial charge in [-0.1, -0.05) is 52.6 Å². The molecule has 1 unspecified atom stereocenters. The van der Waals surface area contributed by atoms with E-state index in [2.05, 4.69) is 49.6 Å². The maximum absolute atomic E-state index is 11.4. The number of carbonyl (C=O) groups is 1. The summed E-state index contributed by atoms with van der Waals surface area (Å²) in [4.78, 5) is 13.1. The largest absolute Gasteiger partial charge is 0.376 e. The number of nitrogens with zero attached hydrogens (tertiary/aromatic N) is 3. The standard InChI is InChI=1S/C25H30ClN5O/c1-3-31(17-23(15-28-31)29-22-9-11-30(12-10-22)25(27)32)16-20-8-7-18(2)13-24(20)19-5-4-6-21(26)14-19/h4-8,13-15,17,22,29H,3,9-12,16H2,1-2H3,(H-,27,32)/p+1. The molecule has 1 atom stereocenters. The van der Waals surface area contributed by atoms with Crippen molar-refractivity contribution >= 4 is 23.8 Å². The average Bonchev–Trinajstić information content (AvgIpc) is 3.18. The first kappa shape index (κ1) is 22.4. The van der Waals surface area contributed by atoms with Crippen LogP contribution in [0.2, 0.25) is 5.02 Å². The summed E-state index contributed by atoms with van der Waals surface area (Å²) < 4.78 is 0.513. The normalized spacial score (nSPS) is 21.0. The Bertz CT molecular complexity index is 1060. The summed E-state index contributed by atoms with van der Waals surface area (Å²) in [7, 11) is 0. The zero-order valence-electron chi connectivity index (χ0n) is 18.7. The van der Waals surface area contributed by atoms with Gasteiger partial charge < -0.3 is 16.0 Å². The second kappa shape index (κ2) is 9.35. The van der Waals surface area contributed by atoms with Gasteiger partial charge in [-0.15, -0.1) is 0 Å². The Kier molecular flexibility index (Phi) is 6.53. The van der Waals surface area contributed by atoms with Crippen LogP contribution >= 0.6 is 11.6 Å². The number of nitrogens with one attached hydrogen (secondary N) is 1. The maximum Gasteiger partial charge on any atom is 0.314 e. The van der Waals surface area contributed by atoms with Crippen LogP contribution in [0.4, 0.5) is 4.79 Å². The van der Waals surface area contributed by atoms with E-state index in [1.807, 2.05) is 24.4 Å². The van der Waals surface area contributed by atoms with Crippen LogP contribution in [0.1, 0.15) is 30.9 Å². The number of hydrogen-bond donors (Lipinski definition) is 2. The topological polar surface area (TPSA) is 70.7 Å². The second-order valence-corrected chi connectivity index (χ2v) is 9.14. The third-order valence-corrected chi connectivity index (χ3v) is 6.61. The molecule has 0 saturated carbocycles. The van der Waals surface area contributed by atoms with Crippen molar-refractivity contribution in [3.05, 3.63) is 70.5 Å². The highest BCUT2D eigenvalue weighted by Crippen LogP contribution is 2.31. The number of urea groups is 1. The van der Waals surface area contributed by atoms with Gasteiger partial charge in [0, 0.05) is 29.7 Å². The van der Waals surface area contributed by atoms with Gasteiger partial charge in [0.1, 0.15) is 31.2 Å². The Labute approximate surface area is 194 Å². The van der Waals surface area contributed by atoms with Crippen molar-refractivity contribution in [1.29, 1.82) is 0 Å². The van der Waals surface area contributed by atoms with E-state index < -0.39 is 0 Å². The van der Waals surface area contributed by atoms with Crippen LogP contribution < -0.4 is 11.1 Å². The SMILES string of the molecule is CC[N+]1(Cc2ccc(C)cc2-c2cccc(Cl)c2)C=C(NC2CCN(C(N)=O)CC2)C=N1. The lowest BCUT2D eigenvalue weighted by molar-refractivity contribution is -0.895. The highest BCUT2D eigenvalue weighted by molar-refractivity contribution is 6.30. The number of benzene rings is 2. The molecule has 0 bridgehead atoms. The third kappa shape index (κ3) is 4.97. The van der Waals surface area contributed by atoms with E-state index >= 15 is 0 Å². The van der Waals surface area contributed by atoms with Crippen molar-refractivity contribution in [2.45, 2.75) is 39.3 Å². The molecule has 0 spiro atoms. The quantitative estimate of drug-likeness (QED) is 0.627. The van der Waals surface area contributed by atoms with Gasteiger partial charge in [0.25, 0.3) is 0 Å². The smallest absolute Gasteiger partial charge is 0.314 e. The molecule has 168 valence electrons. The number of aryl methyl sites for hydroxylation is 1. The van der Waals surface area contributed by atoms with Crippen LogP contribution in [0.3, 0.4) is 0 Å². The van der Waals surface area contributed by atoms with Crippen molar-refractivity contribution in [2.24, 2.45) is 10.8 Å². The van der Waals surface area contributed by atoms with Crippen LogP contribution in [-0.4, -0.2) is 47.4 Å². The predicted octanol–water partition coefficient (Wildman–Crippen LogP) is 4.63. The molecule has 2 aliphatic heterocycles. The average molecular weight is 453 g/mol. The van der Waals surface area contributed by atoms with Crippen molar-refractivity contribution in [1.82, 2.24) is 10.2 Å². The first-order chi connectivity index (χ1) is 15.4. The van der Waals surface area contributed by atoms with Crippen LogP contribution in [0, 0.1) is 6.92 Å². The van der Waals surface area contributed by atoms with Gasteiger partial charge in [-0.25, -0.2) is 4.79 Å². The number of piperidine rings is 1. The molecular formula is C25H31ClN5O+. The molecule has 2 heterocycles. The lowest BCUT2D eigenvalue weighted by Crippen LogP contribution is -2.46. The number of nitrogens with two attached hydrogens (primary N) is 1. The Morgan fingerprint density at radius 3 is 2.72 bits per heavy atom. The van der Waals surface area contributed by atoms with Gasteiger partial charge >= 0.3 is 6.03 Å². The number of amides is 2. The van der Waals surface area contributed by atoms with E-state index in [4.69, 9.17) is 22.4 Å². The Hall–Kier alpha value is -2.83. The molecule has 2 aliphatic rings. The summed E-state index contributed by atoms with van der Waals surface area (Å²) in [5.41, 5.74) is 11.2. The molecule has 1 fully saturated rings. The lowest BCUT2D eigenvalue weighted by atomic mass is 9.97. The highest BCUT2D eigenvalue weighted by atomic mass is 35.5. The van der Waals surface area contributed by atoms with Gasteiger partial charge in [-0.2, -0.15) is 4.59 Å². The Morgan fingerprint density at radius 2 is 2.03 bits per heavy atom. The number of halogens is 1. The van der Waals surface area contributed by atoms with E-state index in [0.29, 0.717) is 23.7 Å². The van der Waals surface area contributed by atoms with Crippen molar-refractivity contribution < 1.29 is 9.39 Å². The number of primary amides is 1. The third-order valence-electron chi connectivity index (χ3n) is 6.38. The molecule has 2 aromatic carbocycles. The van der Waals surface area contributed by atoms with E-state index in [1.54, 1.807) is 4.90 Å². The van der Waals surface area contributed by atoms with Crippen molar-refractivity contribution in [3.8, 4) is 11.1 Å². The minimum atomic E-state index is -0.333. The van der Waals surface area contributed by atoms with Gasteiger partial charge in [-0.05, 0) is 49.9 Å². The van der Waals surface area contributed by atoms with E-state index in [9.17, 15) is 4.79 Å². The number of quaternary nitrogens is 1. The summed E-state index contributed by atoms with van der Waals surface area (Å²) in [6.45, 7) is 7.27. The minimum absolute atomic E-state index is 0.321. The minimum Gasteiger partial charge on any atom is -0.376 e. The number of allylic oxidation sites excluding steroid dienone is 1. The summed E-state index contributed by atoms with van der Waals surface area (Å²) in [5.74, 6) is 0. The second-order valence-electron chi connectivity index (χ2n) is 8.71. The fourth-order valence-corrected chi connectivity index (χ4v) is 4.67. The molecule has 32 heavy (non-hydrogen) atoms. The van der Waals surface area contributed by atoms with Crippen LogP contribution in [0.5, 0.6) is 0 Å². The number of rotatable bonds is 6. The Balaban J connectivity index is 1.52. The van der Waals surface area contributed by atoms with E-state index in [0.717, 1.165) is 42.2 Å². The van der Waals surface area contributed by atoms with Crippen molar-refractivity contribution in [3.63, 3.8) is 0 Å². The molecule has 0 radical (unpaired) electrons. The number of carbonyl (C=O) groups excluding carboxylic acids is 1. The first-order valence-corrected chi connectivity index (χ1v) is 11.6. The molecule has 2 aromatic rings. The van der Waals surface area contributed by atoms with Gasteiger partial charge in [0.15, 0.2) is 0 Å². The number of hydrogen-bond acceptors (Lipinski definition) is 3. The van der Waals surface area contributed by atoms with E-state index in [-0.39, 0.29) is 6.03 Å². The lowest BCUT2D eigenvalue weighted by Gasteiger charge is -2.31. The summed E-state index contributed by atoms with van der Waals surface area (Å²) >= 11 is 6.28. The van der Waals surface area contributed by atoms with Gasteiger partial charge in [0.05, 0.1) is 0 Å². The molecule has 0 aromatic heterocycles. The van der Waals surface area contributed by atoms with Crippen LogP contribution in [0.25, 0.3) is 11.1 Å². The number of likely N-dealkylation sites (tertiary alicyclic amines) is 1. The van der Waals surface area contributed by atoms with Gasteiger partial charge in [-0.3, -0.25) is 0 Å². The predicted molar refractivity (Wildman–Crippen MR) is 130 cm³/mol. The van der Waals surface area contributed by atoms with E-state index in [1.165, 1.54) is 16.7 Å². The fourth-order valence-electron chi connectivity index (χ4n) is 4.48. The molecule has 0 aliphatic carbocycles. The van der Waals surface area contributed by atoms with Crippen molar-refractivity contribution in [2.75, 3.05) is 19.6 Å². The molecule has 7 heteroatoms. The zero-order valence-corrected chi connectivity index (χ0v) is 19.5. The van der Waals surface area contributed by atoms with Crippen LogP contribution in [-0.2, 0) is 6.54 Å². The maximum atomic E-state index is 11.4. The summed E-state index contributed by atoms with van der Waals surface area (Å²) in [6, 6.07) is 14.6. The molecular weight excluding hydrogens is 422 g/mol. The van der Waals surface area contributed by atoms with Crippen LogP contribution in [0.15, 0.2) is 59.5 Å². The van der Waals surface area contributed by atoms with Gasteiger partial charge in [0.2, 0.25) is 0 Å². The monoisotopic (exact) mass is 452 g/mol. The zero-order chi connectivity index (χ0) is 22.7. The Morgan fingerprint density at radius 1 is 1.25 bits per heavy atom. The molecule has 4 rings (SSSR count). The highest BCUT2D eigenvalue weighted by Gasteiger charge is 2.31. The molecule has 2 amide bonds. The summed E-state index contributed by atoms with van der Waals surface area (Å²) in [5, 5.41) is 9.25. The molecule has 3 N–H and O–H groups in total. The molecule has 6 nitrogen and oxygen atoms in total.